The van der Waals surface area contributed by atoms with Crippen molar-refractivity contribution in [3.63, 3.8) is 0 Å². The largest absolute Gasteiger partial charge is 0.465 e. The lowest BCUT2D eigenvalue weighted by Crippen LogP contribution is -2.48. The molecule has 2 rings (SSSR count). The van der Waals surface area contributed by atoms with E-state index in [1.165, 1.54) is 11.9 Å². The van der Waals surface area contributed by atoms with Crippen molar-refractivity contribution in [3.8, 4) is 0 Å². The van der Waals surface area contributed by atoms with E-state index in [1.807, 2.05) is 0 Å². The van der Waals surface area contributed by atoms with Gasteiger partial charge in [-0.2, -0.15) is 8.78 Å². The summed E-state index contributed by atoms with van der Waals surface area (Å²) < 4.78 is 51.5. The molecule has 1 heterocycles. The predicted molar refractivity (Wildman–Crippen MR) is 90.5 cm³/mol. The van der Waals surface area contributed by atoms with E-state index in [9.17, 15) is 22.8 Å². The van der Waals surface area contributed by atoms with Gasteiger partial charge in [0.25, 0.3) is 5.95 Å². The molecule has 1 aliphatic carbocycles. The minimum absolute atomic E-state index is 0.108. The van der Waals surface area contributed by atoms with E-state index in [2.05, 4.69) is 4.98 Å². The molecule has 0 atom stereocenters. The smallest absolute Gasteiger partial charge is 0.323 e. The van der Waals surface area contributed by atoms with Gasteiger partial charge in [-0.15, -0.1) is 0 Å². The van der Waals surface area contributed by atoms with E-state index >= 15 is 0 Å². The molecule has 0 radical (unpaired) electrons. The van der Waals surface area contributed by atoms with Crippen LogP contribution in [-0.2, 0) is 19.1 Å². The van der Waals surface area contributed by atoms with E-state index in [0.29, 0.717) is 6.20 Å². The third kappa shape index (κ3) is 4.01. The van der Waals surface area contributed by atoms with Crippen molar-refractivity contribution in [3.05, 3.63) is 23.8 Å². The lowest BCUT2D eigenvalue weighted by atomic mass is 9.72. The lowest BCUT2D eigenvalue weighted by molar-refractivity contribution is -0.175. The molecule has 1 aliphatic rings. The fourth-order valence-electron chi connectivity index (χ4n) is 3.45. The summed E-state index contributed by atoms with van der Waals surface area (Å²) in [5.74, 6) is -5.05. The van der Waals surface area contributed by atoms with E-state index in [1.54, 1.807) is 13.8 Å². The minimum atomic E-state index is -1.43. The van der Waals surface area contributed by atoms with Crippen LogP contribution in [0, 0.1) is 23.0 Å². The third-order valence-corrected chi connectivity index (χ3v) is 4.95. The van der Waals surface area contributed by atoms with Crippen molar-refractivity contribution in [2.75, 3.05) is 25.2 Å². The quantitative estimate of drug-likeness (QED) is 0.424. The molecule has 1 fully saturated rings. The molecule has 0 saturated heterocycles. The van der Waals surface area contributed by atoms with Gasteiger partial charge in [-0.05, 0) is 39.5 Å². The van der Waals surface area contributed by atoms with Gasteiger partial charge >= 0.3 is 11.9 Å². The number of nitrogens with zero attached hydrogens (tertiary/aromatic N) is 2. The Morgan fingerprint density at radius 1 is 1.15 bits per heavy atom. The first-order valence-electron chi connectivity index (χ1n) is 8.85. The zero-order valence-electron chi connectivity index (χ0n) is 15.6. The number of esters is 2. The minimum Gasteiger partial charge on any atom is -0.465 e. The van der Waals surface area contributed by atoms with Crippen LogP contribution in [-0.4, -0.2) is 43.2 Å². The molecule has 9 heteroatoms. The van der Waals surface area contributed by atoms with Gasteiger partial charge in [-0.1, -0.05) is 0 Å². The predicted octanol–water partition coefficient (Wildman–Crippen LogP) is 2.99. The Morgan fingerprint density at radius 2 is 1.67 bits per heavy atom. The van der Waals surface area contributed by atoms with Crippen molar-refractivity contribution in [2.45, 2.75) is 45.6 Å². The van der Waals surface area contributed by atoms with E-state index in [4.69, 9.17) is 9.47 Å². The second-order valence-corrected chi connectivity index (χ2v) is 6.42. The fourth-order valence-corrected chi connectivity index (χ4v) is 3.45. The molecule has 0 aromatic carbocycles. The molecule has 0 spiro atoms. The first-order chi connectivity index (χ1) is 12.8. The number of halogens is 3. The summed E-state index contributed by atoms with van der Waals surface area (Å²) in [5, 5.41) is 0. The second-order valence-electron chi connectivity index (χ2n) is 6.42. The highest BCUT2D eigenvalue weighted by Crippen LogP contribution is 2.41. The van der Waals surface area contributed by atoms with Gasteiger partial charge in [0.05, 0.1) is 19.4 Å². The average molecular weight is 388 g/mol. The first-order valence-corrected chi connectivity index (χ1v) is 8.85. The van der Waals surface area contributed by atoms with Gasteiger partial charge < -0.3 is 14.4 Å². The summed E-state index contributed by atoms with van der Waals surface area (Å²) in [6.45, 7) is 3.52. The molecule has 6 nitrogen and oxygen atoms in total. The Labute approximate surface area is 155 Å². The first kappa shape index (κ1) is 21.0. The highest BCUT2D eigenvalue weighted by atomic mass is 19.2. The molecule has 1 aromatic heterocycles. The van der Waals surface area contributed by atoms with Crippen molar-refractivity contribution in [2.24, 2.45) is 5.41 Å². The van der Waals surface area contributed by atoms with Crippen LogP contribution in [0.2, 0.25) is 0 Å². The van der Waals surface area contributed by atoms with Gasteiger partial charge in [0.2, 0.25) is 5.82 Å². The number of carbonyl (C=O) groups is 2. The Balaban J connectivity index is 2.22. The number of anilines is 1. The Bertz CT molecular complexity index is 686. The molecule has 0 aliphatic heterocycles. The number of pyridine rings is 1. The summed E-state index contributed by atoms with van der Waals surface area (Å²) in [5.41, 5.74) is -1.95. The molecule has 27 heavy (non-hydrogen) atoms. The topological polar surface area (TPSA) is 68.7 Å². The van der Waals surface area contributed by atoms with Crippen LogP contribution in [0.5, 0.6) is 0 Å². The Kier molecular flexibility index (Phi) is 6.67. The van der Waals surface area contributed by atoms with E-state index < -0.39 is 46.7 Å². The van der Waals surface area contributed by atoms with Crippen LogP contribution in [0.4, 0.5) is 18.9 Å². The molecule has 150 valence electrons. The van der Waals surface area contributed by atoms with Gasteiger partial charge in [0, 0.05) is 13.1 Å². The highest BCUT2D eigenvalue weighted by Gasteiger charge is 2.51. The lowest BCUT2D eigenvalue weighted by Gasteiger charge is -2.40. The number of carbonyl (C=O) groups excluding carboxylic acids is 2. The molecule has 0 bridgehead atoms. The zero-order chi connectivity index (χ0) is 20.2. The van der Waals surface area contributed by atoms with Crippen LogP contribution >= 0.6 is 0 Å². The maximum absolute atomic E-state index is 14.0. The van der Waals surface area contributed by atoms with Crippen LogP contribution in [0.3, 0.4) is 0 Å². The molecule has 1 saturated carbocycles. The number of hydrogen-bond donors (Lipinski definition) is 0. The van der Waals surface area contributed by atoms with Crippen LogP contribution < -0.4 is 4.90 Å². The average Bonchev–Trinajstić information content (AvgIpc) is 2.65. The molecule has 0 unspecified atom stereocenters. The maximum Gasteiger partial charge on any atom is 0.323 e. The summed E-state index contributed by atoms with van der Waals surface area (Å²) in [4.78, 5) is 29.1. The Hall–Kier alpha value is -2.32. The van der Waals surface area contributed by atoms with Crippen molar-refractivity contribution in [1.29, 1.82) is 0 Å². The summed E-state index contributed by atoms with van der Waals surface area (Å²) >= 11 is 0. The molecule has 1 aromatic rings. The van der Waals surface area contributed by atoms with Crippen LogP contribution in [0.25, 0.3) is 0 Å². The van der Waals surface area contributed by atoms with Gasteiger partial charge in [-0.25, -0.2) is 9.37 Å². The number of rotatable bonds is 6. The van der Waals surface area contributed by atoms with Crippen molar-refractivity contribution >= 4 is 17.6 Å². The summed E-state index contributed by atoms with van der Waals surface area (Å²) in [7, 11) is 1.44. The number of aromatic nitrogens is 1. The van der Waals surface area contributed by atoms with Crippen LogP contribution in [0.1, 0.15) is 39.5 Å². The van der Waals surface area contributed by atoms with Crippen LogP contribution in [0.15, 0.2) is 6.20 Å². The van der Waals surface area contributed by atoms with Crippen molar-refractivity contribution < 1.29 is 32.2 Å². The van der Waals surface area contributed by atoms with Gasteiger partial charge in [0.1, 0.15) is 5.69 Å². The maximum atomic E-state index is 14.0. The standard InChI is InChI=1S/C18H23F3N2O4/c1-4-26-16(24)18(17(25)27-5-2)8-6-11(7-9-18)23(3)14-12(19)10-22-15(21)13(14)20/h10-11H,4-9H2,1-3H3. The number of ether oxygens (including phenoxy) is 2. The Morgan fingerprint density at radius 3 is 2.15 bits per heavy atom. The van der Waals surface area contributed by atoms with Gasteiger partial charge in [-0.3, -0.25) is 9.59 Å². The fraction of sp³-hybridized carbons (Fsp3) is 0.611. The van der Waals surface area contributed by atoms with Crippen molar-refractivity contribution in [1.82, 2.24) is 4.98 Å². The SMILES string of the molecule is CCOC(=O)C1(C(=O)OCC)CCC(N(C)c2c(F)cnc(F)c2F)CC1. The second kappa shape index (κ2) is 8.58. The van der Waals surface area contributed by atoms with E-state index in [-0.39, 0.29) is 38.9 Å². The van der Waals surface area contributed by atoms with E-state index in [0.717, 1.165) is 0 Å². The monoisotopic (exact) mass is 388 g/mol. The number of hydrogen-bond acceptors (Lipinski definition) is 6. The third-order valence-electron chi connectivity index (χ3n) is 4.95. The summed E-state index contributed by atoms with van der Waals surface area (Å²) in [6.07, 6.45) is 1.38. The van der Waals surface area contributed by atoms with Gasteiger partial charge in [0.15, 0.2) is 11.2 Å². The molecule has 0 N–H and O–H groups in total. The molecule has 0 amide bonds. The zero-order valence-corrected chi connectivity index (χ0v) is 15.6. The molecular weight excluding hydrogens is 365 g/mol. The summed E-state index contributed by atoms with van der Waals surface area (Å²) in [6, 6.07) is -0.396. The normalized spacial score (nSPS) is 16.7. The molecular formula is C18H23F3N2O4. The highest BCUT2D eigenvalue weighted by molar-refractivity contribution is 6.00.